The van der Waals surface area contributed by atoms with E-state index in [0.717, 1.165) is 51.4 Å². The number of aliphatic hydroxyl groups excluding tert-OH is 10. The van der Waals surface area contributed by atoms with E-state index in [1.54, 1.807) is 13.8 Å². The van der Waals surface area contributed by atoms with E-state index in [4.69, 9.17) is 37.9 Å². The van der Waals surface area contributed by atoms with Crippen LogP contribution in [0.25, 0.3) is 0 Å². The van der Waals surface area contributed by atoms with Gasteiger partial charge in [-0.2, -0.15) is 0 Å². The maximum Gasteiger partial charge on any atom is 0.187 e. The van der Waals surface area contributed by atoms with Crippen LogP contribution in [0.1, 0.15) is 139 Å². The van der Waals surface area contributed by atoms with Gasteiger partial charge < -0.3 is 94.1 Å². The van der Waals surface area contributed by atoms with Crippen molar-refractivity contribution in [2.45, 2.75) is 255 Å². The quantitative estimate of drug-likeness (QED) is 0.0928. The van der Waals surface area contributed by atoms with Crippen LogP contribution < -0.4 is 0 Å². The van der Waals surface area contributed by atoms with Gasteiger partial charge in [-0.3, -0.25) is 0 Å². The van der Waals surface area contributed by atoms with E-state index >= 15 is 0 Å². The number of rotatable bonds is 17. The molecule has 19 heteroatoms. The molecule has 4 aliphatic carbocycles. The lowest BCUT2D eigenvalue weighted by Gasteiger charge is -2.66. The first-order valence-corrected chi connectivity index (χ1v) is 27.5. The second-order valence-corrected chi connectivity index (χ2v) is 25.4. The van der Waals surface area contributed by atoms with Gasteiger partial charge in [0, 0.05) is 31.1 Å². The fourth-order valence-electron chi connectivity index (χ4n) is 15.5. The maximum atomic E-state index is 11.6. The Kier molecular flexibility index (Phi) is 18.0. The van der Waals surface area contributed by atoms with Gasteiger partial charge in [0.2, 0.25) is 0 Å². The lowest BCUT2D eigenvalue weighted by molar-refractivity contribution is -0.355. The Balaban J connectivity index is 0.912. The Morgan fingerprint density at radius 2 is 1.26 bits per heavy atom. The zero-order chi connectivity index (χ0) is 53.2. The van der Waals surface area contributed by atoms with Crippen molar-refractivity contribution in [2.24, 2.45) is 45.3 Å². The van der Waals surface area contributed by atoms with Crippen LogP contribution in [-0.2, 0) is 37.9 Å². The molecule has 0 spiro atoms. The molecule has 4 saturated heterocycles. The molecule has 422 valence electrons. The average Bonchev–Trinajstić information content (AvgIpc) is 3.61. The number of hydrogen-bond donors (Lipinski definition) is 11. The van der Waals surface area contributed by atoms with Gasteiger partial charge in [-0.25, -0.2) is 0 Å². The van der Waals surface area contributed by atoms with E-state index in [9.17, 15) is 56.2 Å². The molecule has 4 aliphatic heterocycles. The number of ether oxygens (including phenoxy) is 8. The molecular weight excluding hydrogens is 953 g/mol. The third-order valence-electron chi connectivity index (χ3n) is 20.2. The highest BCUT2D eigenvalue weighted by Gasteiger charge is 2.67. The summed E-state index contributed by atoms with van der Waals surface area (Å²) in [6, 6.07) is 0. The fourth-order valence-corrected chi connectivity index (χ4v) is 15.5. The highest BCUT2D eigenvalue weighted by Crippen LogP contribution is 2.75. The molecule has 0 amide bonds. The van der Waals surface area contributed by atoms with Crippen LogP contribution in [-0.4, -0.2) is 199 Å². The number of fused-ring (bicyclic) bond motifs is 5. The second kappa shape index (κ2) is 22.6. The van der Waals surface area contributed by atoms with E-state index in [1.165, 1.54) is 5.57 Å². The Morgan fingerprint density at radius 1 is 0.644 bits per heavy atom. The lowest BCUT2D eigenvalue weighted by atomic mass is 9.39. The zero-order valence-corrected chi connectivity index (χ0v) is 44.5. The standard InChI is InChI=1S/C54H92O19/c1-27(9-13-42(51(4,5)65)72-49-45(37(61)20-29(24-56)68-49)73-48-44(64)35(59)19-28(23-55)67-48)31-15-16-54(8)40-12-10-32-33(52(40,6)17-18-53(31,54)7)11-14-41(50(32,2)3)71-47-43(63)36(60)21-30(69-47)26-66-46-38(62)22-34(58)39(25-57)70-46/h10,27-31,33-49,55-65H,9,11-26H2,1-8H3/t27-,28+,29+,30+,31?,33?,34+,35+,36+,37+,38-,39-,40?,41+,42-,43-,44-,45?,46+,47+,48+,49+,52+,53-,54+/m1/s1. The van der Waals surface area contributed by atoms with Crippen LogP contribution in [0.5, 0.6) is 0 Å². The highest BCUT2D eigenvalue weighted by molar-refractivity contribution is 5.30. The SMILES string of the molecule is C[C@H](CC[C@@H](O[C@@H]1O[C@H](CO)C[C@H](O)C1O[C@@H]1O[C@H](CO)C[C@H](O)[C@H]1O)C(C)(C)O)C1CC[C@@]2(C)C3CC=C4C(CC[C@H](O[C@@H]5O[C@H](CO[C@H]6O[C@H](CO)[C@@H](O)C[C@H]6O)C[C@H](O)[C@H]5O)C4(C)C)[C@]3(C)CC[C@]12C. The molecule has 3 saturated carbocycles. The first kappa shape index (κ1) is 58.1. The summed E-state index contributed by atoms with van der Waals surface area (Å²) in [5, 5.41) is 116. The Labute approximate surface area is 431 Å². The van der Waals surface area contributed by atoms with Crippen molar-refractivity contribution in [3.8, 4) is 0 Å². The van der Waals surface area contributed by atoms with Crippen molar-refractivity contribution < 1.29 is 94.1 Å². The van der Waals surface area contributed by atoms with E-state index in [-0.39, 0.29) is 67.2 Å². The van der Waals surface area contributed by atoms with Gasteiger partial charge in [0.15, 0.2) is 25.2 Å². The molecule has 11 N–H and O–H groups in total. The van der Waals surface area contributed by atoms with Gasteiger partial charge >= 0.3 is 0 Å². The molecule has 73 heavy (non-hydrogen) atoms. The van der Waals surface area contributed by atoms with Crippen LogP contribution in [0.15, 0.2) is 11.6 Å². The Hall–Kier alpha value is -1.02. The molecule has 4 heterocycles. The van der Waals surface area contributed by atoms with E-state index in [2.05, 4.69) is 47.6 Å². The van der Waals surface area contributed by atoms with Gasteiger partial charge in [-0.1, -0.05) is 53.2 Å². The first-order valence-electron chi connectivity index (χ1n) is 27.5. The van der Waals surface area contributed by atoms with Gasteiger partial charge in [0.1, 0.15) is 30.5 Å². The molecule has 0 aromatic heterocycles. The molecule has 0 aromatic carbocycles. The molecule has 8 aliphatic rings. The van der Waals surface area contributed by atoms with Crippen molar-refractivity contribution in [2.75, 3.05) is 26.4 Å². The summed E-state index contributed by atoms with van der Waals surface area (Å²) in [5.41, 5.74) is -0.218. The monoisotopic (exact) mass is 1040 g/mol. The van der Waals surface area contributed by atoms with Crippen molar-refractivity contribution in [3.05, 3.63) is 11.6 Å². The Bertz CT molecular complexity index is 1850. The first-order chi connectivity index (χ1) is 34.3. The number of allylic oxidation sites excluding steroid dienone is 1. The summed E-state index contributed by atoms with van der Waals surface area (Å²) >= 11 is 0. The van der Waals surface area contributed by atoms with Crippen molar-refractivity contribution in [3.63, 3.8) is 0 Å². The predicted molar refractivity (Wildman–Crippen MR) is 261 cm³/mol. The largest absolute Gasteiger partial charge is 0.394 e. The Morgan fingerprint density at radius 3 is 1.90 bits per heavy atom. The summed E-state index contributed by atoms with van der Waals surface area (Å²) in [7, 11) is 0. The number of aliphatic hydroxyl groups is 11. The van der Waals surface area contributed by atoms with Crippen molar-refractivity contribution in [1.29, 1.82) is 0 Å². The van der Waals surface area contributed by atoms with Crippen molar-refractivity contribution >= 4 is 0 Å². The minimum atomic E-state index is -1.46. The maximum absolute atomic E-state index is 11.6. The van der Waals surface area contributed by atoms with Gasteiger partial charge in [-0.05, 0) is 112 Å². The molecular formula is C54H92O19. The highest BCUT2D eigenvalue weighted by atomic mass is 16.8. The van der Waals surface area contributed by atoms with Crippen LogP contribution in [0.4, 0.5) is 0 Å². The molecule has 25 atom stereocenters. The molecule has 0 aromatic rings. The third-order valence-corrected chi connectivity index (χ3v) is 20.2. The lowest BCUT2D eigenvalue weighted by Crippen LogP contribution is -2.60. The number of hydrogen-bond acceptors (Lipinski definition) is 19. The van der Waals surface area contributed by atoms with E-state index in [0.29, 0.717) is 24.2 Å². The van der Waals surface area contributed by atoms with Crippen LogP contribution >= 0.6 is 0 Å². The fraction of sp³-hybridized carbons (Fsp3) is 0.963. The summed E-state index contributed by atoms with van der Waals surface area (Å²) in [6.45, 7) is 16.4. The van der Waals surface area contributed by atoms with E-state index < -0.39 is 129 Å². The van der Waals surface area contributed by atoms with Crippen LogP contribution in [0.3, 0.4) is 0 Å². The molecule has 7 fully saturated rings. The molecule has 0 bridgehead atoms. The zero-order valence-electron chi connectivity index (χ0n) is 44.5. The van der Waals surface area contributed by atoms with Gasteiger partial charge in [-0.15, -0.1) is 0 Å². The molecule has 19 nitrogen and oxygen atoms in total. The summed E-state index contributed by atoms with van der Waals surface area (Å²) < 4.78 is 48.9. The van der Waals surface area contributed by atoms with Gasteiger partial charge in [0.25, 0.3) is 0 Å². The molecule has 0 radical (unpaired) electrons. The van der Waals surface area contributed by atoms with E-state index in [1.807, 2.05) is 0 Å². The average molecular weight is 1050 g/mol. The summed E-state index contributed by atoms with van der Waals surface area (Å²) in [5.74, 6) is 1.46. The molecule has 4 unspecified atom stereocenters. The normalized spacial score (nSPS) is 49.0. The van der Waals surface area contributed by atoms with Gasteiger partial charge in [0.05, 0.1) is 87.0 Å². The minimum Gasteiger partial charge on any atom is -0.394 e. The van der Waals surface area contributed by atoms with Crippen LogP contribution in [0.2, 0.25) is 0 Å². The van der Waals surface area contributed by atoms with Crippen molar-refractivity contribution in [1.82, 2.24) is 0 Å². The minimum absolute atomic E-state index is 0.00629. The second-order valence-electron chi connectivity index (χ2n) is 25.4. The third kappa shape index (κ3) is 11.3. The topological polar surface area (TPSA) is 296 Å². The van der Waals surface area contributed by atoms with Crippen LogP contribution in [0, 0.1) is 45.3 Å². The smallest absolute Gasteiger partial charge is 0.187 e. The molecule has 8 rings (SSSR count). The predicted octanol–water partition coefficient (Wildman–Crippen LogP) is 1.91. The summed E-state index contributed by atoms with van der Waals surface area (Å²) in [6.07, 6.45) is -7.99. The summed E-state index contributed by atoms with van der Waals surface area (Å²) in [4.78, 5) is 0.